The van der Waals surface area contributed by atoms with Gasteiger partial charge in [-0.15, -0.1) is 0 Å². The van der Waals surface area contributed by atoms with Crippen LogP contribution in [0.25, 0.3) is 0 Å². The Bertz CT molecular complexity index is 313. The maximum atomic E-state index is 8.61. The highest BCUT2D eigenvalue weighted by Crippen LogP contribution is 2.05. The highest BCUT2D eigenvalue weighted by atomic mass is 15.1. The van der Waals surface area contributed by atoms with Crippen LogP contribution in [0.15, 0.2) is 30.3 Å². The number of hydrogen-bond donors (Lipinski definition) is 0. The summed E-state index contributed by atoms with van der Waals surface area (Å²) in [5.41, 5.74) is 1.41. The molecule has 2 nitrogen and oxygen atoms in total. The zero-order valence-electron chi connectivity index (χ0n) is 10.0. The van der Waals surface area contributed by atoms with E-state index in [0.29, 0.717) is 6.54 Å². The van der Waals surface area contributed by atoms with E-state index in [4.69, 9.17) is 5.26 Å². The van der Waals surface area contributed by atoms with Gasteiger partial charge < -0.3 is 0 Å². The van der Waals surface area contributed by atoms with Crippen molar-refractivity contribution in [2.45, 2.75) is 26.2 Å². The van der Waals surface area contributed by atoms with Gasteiger partial charge in [-0.2, -0.15) is 5.26 Å². The Morgan fingerprint density at radius 3 is 2.56 bits per heavy atom. The number of hydrogen-bond acceptors (Lipinski definition) is 2. The summed E-state index contributed by atoms with van der Waals surface area (Å²) < 4.78 is 0. The molecule has 0 atom stereocenters. The molecule has 0 aliphatic heterocycles. The van der Waals surface area contributed by atoms with Crippen LogP contribution in [-0.2, 0) is 6.42 Å². The van der Waals surface area contributed by atoms with Gasteiger partial charge >= 0.3 is 0 Å². The number of nitriles is 1. The average molecular weight is 216 g/mol. The summed E-state index contributed by atoms with van der Waals surface area (Å²) in [5, 5.41) is 8.61. The van der Waals surface area contributed by atoms with Gasteiger partial charge in [0.15, 0.2) is 0 Å². The summed E-state index contributed by atoms with van der Waals surface area (Å²) in [6.07, 6.45) is 3.52. The van der Waals surface area contributed by atoms with E-state index in [1.54, 1.807) is 0 Å². The lowest BCUT2D eigenvalue weighted by Crippen LogP contribution is -2.24. The molecule has 0 aliphatic carbocycles. The second-order valence-corrected chi connectivity index (χ2v) is 3.97. The maximum Gasteiger partial charge on any atom is 0.0865 e. The number of aryl methyl sites for hydroxylation is 1. The van der Waals surface area contributed by atoms with E-state index in [2.05, 4.69) is 48.2 Å². The lowest BCUT2D eigenvalue weighted by molar-refractivity contribution is 0.315. The molecule has 1 aromatic carbocycles. The summed E-state index contributed by atoms with van der Waals surface area (Å²) in [7, 11) is 0. The van der Waals surface area contributed by atoms with Crippen molar-refractivity contribution in [3.05, 3.63) is 35.9 Å². The molecule has 1 aromatic rings. The van der Waals surface area contributed by atoms with Crippen molar-refractivity contribution in [2.24, 2.45) is 0 Å². The van der Waals surface area contributed by atoms with Gasteiger partial charge in [-0.05, 0) is 37.9 Å². The quantitative estimate of drug-likeness (QED) is 0.517. The van der Waals surface area contributed by atoms with Crippen LogP contribution < -0.4 is 0 Å². The number of rotatable bonds is 7. The zero-order chi connectivity index (χ0) is 11.6. The average Bonchev–Trinajstić information content (AvgIpc) is 2.34. The Morgan fingerprint density at radius 2 is 1.94 bits per heavy atom. The predicted octanol–water partition coefficient (Wildman–Crippen LogP) is 2.85. The van der Waals surface area contributed by atoms with E-state index in [1.165, 1.54) is 18.4 Å². The third-order valence-electron chi connectivity index (χ3n) is 2.77. The van der Waals surface area contributed by atoms with Gasteiger partial charge in [-0.3, -0.25) is 4.90 Å². The van der Waals surface area contributed by atoms with Crippen LogP contribution in [0.5, 0.6) is 0 Å². The minimum Gasteiger partial charge on any atom is -0.291 e. The van der Waals surface area contributed by atoms with Crippen LogP contribution in [0.1, 0.15) is 25.3 Å². The van der Waals surface area contributed by atoms with Crippen LogP contribution in [0.4, 0.5) is 0 Å². The lowest BCUT2D eigenvalue weighted by Gasteiger charge is -2.15. The van der Waals surface area contributed by atoms with Crippen LogP contribution in [-0.4, -0.2) is 24.5 Å². The van der Waals surface area contributed by atoms with Gasteiger partial charge in [0.25, 0.3) is 0 Å². The van der Waals surface area contributed by atoms with E-state index < -0.39 is 0 Å². The molecule has 0 amide bonds. The zero-order valence-corrected chi connectivity index (χ0v) is 10.0. The summed E-state index contributed by atoms with van der Waals surface area (Å²) in [6.45, 7) is 4.67. The lowest BCUT2D eigenvalue weighted by atomic mass is 10.1. The van der Waals surface area contributed by atoms with Crippen molar-refractivity contribution in [2.75, 3.05) is 19.6 Å². The van der Waals surface area contributed by atoms with E-state index in [1.807, 2.05) is 0 Å². The molecule has 0 saturated heterocycles. The van der Waals surface area contributed by atoms with Gasteiger partial charge in [-0.25, -0.2) is 0 Å². The normalized spacial score (nSPS) is 10.3. The Morgan fingerprint density at radius 1 is 1.19 bits per heavy atom. The predicted molar refractivity (Wildman–Crippen MR) is 67.1 cm³/mol. The van der Waals surface area contributed by atoms with Crippen LogP contribution >= 0.6 is 0 Å². The molecule has 16 heavy (non-hydrogen) atoms. The minimum atomic E-state index is 0.557. The first kappa shape index (κ1) is 12.7. The second-order valence-electron chi connectivity index (χ2n) is 3.97. The molecule has 0 radical (unpaired) electrons. The maximum absolute atomic E-state index is 8.61. The number of benzene rings is 1. The Kier molecular flexibility index (Phi) is 6.29. The SMILES string of the molecule is CCN(CC#N)CCCCc1ccccc1. The summed E-state index contributed by atoms with van der Waals surface area (Å²) in [6, 6.07) is 12.8. The molecule has 0 bridgehead atoms. The van der Waals surface area contributed by atoms with Crippen LogP contribution in [0, 0.1) is 11.3 Å². The highest BCUT2D eigenvalue weighted by Gasteiger charge is 2.00. The van der Waals surface area contributed by atoms with E-state index in [0.717, 1.165) is 19.5 Å². The Labute approximate surface area is 98.5 Å². The minimum absolute atomic E-state index is 0.557. The fourth-order valence-electron chi connectivity index (χ4n) is 1.76. The third-order valence-corrected chi connectivity index (χ3v) is 2.77. The molecular weight excluding hydrogens is 196 g/mol. The number of unbranched alkanes of at least 4 members (excludes halogenated alkanes) is 1. The molecule has 0 N–H and O–H groups in total. The molecule has 0 fully saturated rings. The van der Waals surface area contributed by atoms with Crippen LogP contribution in [0.2, 0.25) is 0 Å². The molecule has 0 aliphatic rings. The smallest absolute Gasteiger partial charge is 0.0865 e. The summed E-state index contributed by atoms with van der Waals surface area (Å²) >= 11 is 0. The molecule has 0 aromatic heterocycles. The summed E-state index contributed by atoms with van der Waals surface area (Å²) in [5.74, 6) is 0. The van der Waals surface area contributed by atoms with E-state index >= 15 is 0 Å². The molecule has 86 valence electrons. The standard InChI is InChI=1S/C14H20N2/c1-2-16(13-11-15)12-7-6-10-14-8-4-3-5-9-14/h3-5,8-9H,2,6-7,10,12-13H2,1H3. The fraction of sp³-hybridized carbons (Fsp3) is 0.500. The van der Waals surface area contributed by atoms with Crippen molar-refractivity contribution in [1.82, 2.24) is 4.90 Å². The van der Waals surface area contributed by atoms with Gasteiger partial charge in [0, 0.05) is 0 Å². The van der Waals surface area contributed by atoms with Gasteiger partial charge in [0.1, 0.15) is 0 Å². The molecule has 1 rings (SSSR count). The van der Waals surface area contributed by atoms with E-state index in [9.17, 15) is 0 Å². The molecule has 2 heteroatoms. The fourth-order valence-corrected chi connectivity index (χ4v) is 1.76. The third kappa shape index (κ3) is 4.95. The molecular formula is C14H20N2. The van der Waals surface area contributed by atoms with Crippen molar-refractivity contribution >= 4 is 0 Å². The summed E-state index contributed by atoms with van der Waals surface area (Å²) in [4.78, 5) is 2.19. The largest absolute Gasteiger partial charge is 0.291 e. The second kappa shape index (κ2) is 7.90. The molecule has 0 heterocycles. The number of nitrogens with zero attached hydrogens (tertiary/aromatic N) is 2. The van der Waals surface area contributed by atoms with Crippen molar-refractivity contribution in [1.29, 1.82) is 5.26 Å². The van der Waals surface area contributed by atoms with Gasteiger partial charge in [-0.1, -0.05) is 37.3 Å². The molecule has 0 saturated carbocycles. The van der Waals surface area contributed by atoms with Gasteiger partial charge in [0.05, 0.1) is 12.6 Å². The first-order chi connectivity index (χ1) is 7.86. The first-order valence-corrected chi connectivity index (χ1v) is 6.00. The van der Waals surface area contributed by atoms with Crippen molar-refractivity contribution in [3.8, 4) is 6.07 Å². The van der Waals surface area contributed by atoms with Gasteiger partial charge in [0.2, 0.25) is 0 Å². The monoisotopic (exact) mass is 216 g/mol. The molecule has 0 unspecified atom stereocenters. The molecule has 0 spiro atoms. The Balaban J connectivity index is 2.14. The first-order valence-electron chi connectivity index (χ1n) is 6.00. The van der Waals surface area contributed by atoms with Crippen molar-refractivity contribution < 1.29 is 0 Å². The Hall–Kier alpha value is -1.33. The van der Waals surface area contributed by atoms with Crippen molar-refractivity contribution in [3.63, 3.8) is 0 Å². The topological polar surface area (TPSA) is 27.0 Å². The highest BCUT2D eigenvalue weighted by molar-refractivity contribution is 5.14. The van der Waals surface area contributed by atoms with Crippen LogP contribution in [0.3, 0.4) is 0 Å². The van der Waals surface area contributed by atoms with E-state index in [-0.39, 0.29) is 0 Å².